The summed E-state index contributed by atoms with van der Waals surface area (Å²) >= 11 is 0. The minimum absolute atomic E-state index is 0.219. The van der Waals surface area contributed by atoms with E-state index in [-0.39, 0.29) is 16.7 Å². The number of carboxylic acids is 1. The average Bonchev–Trinajstić information content (AvgIpc) is 2.92. The van der Waals surface area contributed by atoms with E-state index in [4.69, 9.17) is 5.11 Å². The molecule has 4 aliphatic carbocycles. The number of carbonyl (C=O) groups excluding carboxylic acids is 1. The number of ketones is 1. The summed E-state index contributed by atoms with van der Waals surface area (Å²) in [4.78, 5) is 24.4. The van der Waals surface area contributed by atoms with Gasteiger partial charge in [0.25, 0.3) is 0 Å². The van der Waals surface area contributed by atoms with Gasteiger partial charge in [-0.2, -0.15) is 0 Å². The molecule has 3 nitrogen and oxygen atoms in total. The van der Waals surface area contributed by atoms with Gasteiger partial charge < -0.3 is 5.11 Å². The number of Topliss-reactive ketones (excluding diaryl/α,β-unsaturated/α-hetero) is 1. The maximum absolute atomic E-state index is 13.4. The van der Waals surface area contributed by atoms with Gasteiger partial charge in [-0.3, -0.25) is 9.59 Å². The van der Waals surface area contributed by atoms with Gasteiger partial charge >= 0.3 is 5.97 Å². The summed E-state index contributed by atoms with van der Waals surface area (Å²) in [5, 5.41) is 8.99. The van der Waals surface area contributed by atoms with Crippen LogP contribution in [-0.4, -0.2) is 16.9 Å². The van der Waals surface area contributed by atoms with Crippen molar-refractivity contribution in [3.05, 3.63) is 0 Å². The van der Waals surface area contributed by atoms with Crippen LogP contribution in [-0.2, 0) is 9.59 Å². The van der Waals surface area contributed by atoms with Gasteiger partial charge in [-0.05, 0) is 85.4 Å². The van der Waals surface area contributed by atoms with Crippen molar-refractivity contribution in [3.8, 4) is 0 Å². The highest BCUT2D eigenvalue weighted by molar-refractivity contribution is 5.84. The van der Waals surface area contributed by atoms with Gasteiger partial charge in [0.15, 0.2) is 0 Å². The highest BCUT2D eigenvalue weighted by Crippen LogP contribution is 2.70. The molecule has 7 unspecified atom stereocenters. The first-order valence-electron chi connectivity index (χ1n) is 11.5. The van der Waals surface area contributed by atoms with Crippen molar-refractivity contribution < 1.29 is 14.7 Å². The molecule has 3 heteroatoms. The number of carbonyl (C=O) groups is 2. The lowest BCUT2D eigenvalue weighted by Gasteiger charge is -2.63. The molecule has 0 radical (unpaired) electrons. The van der Waals surface area contributed by atoms with Gasteiger partial charge in [-0.25, -0.2) is 0 Å². The first kappa shape index (κ1) is 19.5. The van der Waals surface area contributed by atoms with Crippen molar-refractivity contribution in [1.29, 1.82) is 0 Å². The molecule has 7 atom stereocenters. The highest BCUT2D eigenvalue weighted by atomic mass is 16.4. The number of carboxylic acid groups (broad SMARTS) is 1. The maximum Gasteiger partial charge on any atom is 0.303 e. The molecule has 152 valence electrons. The predicted octanol–water partition coefficient (Wildman–Crippen LogP) is 5.86. The van der Waals surface area contributed by atoms with Crippen LogP contribution in [0.1, 0.15) is 97.8 Å². The molecule has 1 N–H and O–H groups in total. The Morgan fingerprint density at radius 3 is 2.52 bits per heavy atom. The van der Waals surface area contributed by atoms with Crippen LogP contribution in [0.5, 0.6) is 0 Å². The summed E-state index contributed by atoms with van der Waals surface area (Å²) in [5.74, 6) is 1.92. The van der Waals surface area contributed by atoms with E-state index in [0.29, 0.717) is 35.4 Å². The van der Waals surface area contributed by atoms with E-state index in [9.17, 15) is 9.59 Å². The Balaban J connectivity index is 1.57. The Morgan fingerprint density at radius 1 is 1.04 bits per heavy atom. The van der Waals surface area contributed by atoms with Crippen LogP contribution >= 0.6 is 0 Å². The summed E-state index contributed by atoms with van der Waals surface area (Å²) in [6, 6.07) is 0. The molecule has 0 saturated heterocycles. The Labute approximate surface area is 164 Å². The number of hydrogen-bond donors (Lipinski definition) is 1. The SMILES string of the molecule is CC12CCC3C(C(=O)CC4(C)CCCCC34C)C1CCC2CCCC(=O)O. The molecule has 4 rings (SSSR count). The fourth-order valence-corrected chi connectivity index (χ4v) is 8.41. The molecule has 4 aliphatic rings. The van der Waals surface area contributed by atoms with Gasteiger partial charge in [0.05, 0.1) is 0 Å². The van der Waals surface area contributed by atoms with E-state index in [1.165, 1.54) is 51.4 Å². The molecule has 0 spiro atoms. The summed E-state index contributed by atoms with van der Waals surface area (Å²) in [6.07, 6.45) is 12.9. The van der Waals surface area contributed by atoms with E-state index in [2.05, 4.69) is 20.8 Å². The van der Waals surface area contributed by atoms with Crippen LogP contribution in [0.3, 0.4) is 0 Å². The van der Waals surface area contributed by atoms with Crippen molar-refractivity contribution >= 4 is 11.8 Å². The van der Waals surface area contributed by atoms with Gasteiger partial charge in [-0.1, -0.05) is 33.6 Å². The molecule has 27 heavy (non-hydrogen) atoms. The Hall–Kier alpha value is -0.860. The lowest BCUT2D eigenvalue weighted by atomic mass is 9.40. The normalized spacial score (nSPS) is 49.2. The molecule has 4 fully saturated rings. The number of rotatable bonds is 4. The largest absolute Gasteiger partial charge is 0.481 e. The highest BCUT2D eigenvalue weighted by Gasteiger charge is 2.64. The van der Waals surface area contributed by atoms with Crippen LogP contribution in [0.2, 0.25) is 0 Å². The Bertz CT molecular complexity index is 627. The summed E-state index contributed by atoms with van der Waals surface area (Å²) in [7, 11) is 0. The third-order valence-corrected chi connectivity index (χ3v) is 10.2. The number of hydrogen-bond acceptors (Lipinski definition) is 2. The third-order valence-electron chi connectivity index (χ3n) is 10.2. The molecule has 0 bridgehead atoms. The van der Waals surface area contributed by atoms with Crippen molar-refractivity contribution in [3.63, 3.8) is 0 Å². The average molecular weight is 375 g/mol. The first-order chi connectivity index (χ1) is 12.7. The lowest BCUT2D eigenvalue weighted by Crippen LogP contribution is -2.60. The van der Waals surface area contributed by atoms with Gasteiger partial charge in [-0.15, -0.1) is 0 Å². The quantitative estimate of drug-likeness (QED) is 0.670. The number of fused-ring (bicyclic) bond motifs is 5. The first-order valence-corrected chi connectivity index (χ1v) is 11.5. The maximum atomic E-state index is 13.4. The minimum atomic E-state index is -0.676. The Kier molecular flexibility index (Phi) is 4.75. The van der Waals surface area contributed by atoms with Crippen LogP contribution < -0.4 is 0 Å². The zero-order valence-corrected chi connectivity index (χ0v) is 17.6. The standard InChI is InChI=1S/C24H38O3/c1-22-12-4-5-13-24(22,3)18-11-14-23(2)16(7-6-8-20(26)27)9-10-17(23)21(18)19(25)15-22/h16-18,21H,4-15H2,1-3H3,(H,26,27). The molecule has 0 aromatic heterocycles. The predicted molar refractivity (Wildman–Crippen MR) is 106 cm³/mol. The second-order valence-electron chi connectivity index (χ2n) is 11.2. The van der Waals surface area contributed by atoms with Gasteiger partial charge in [0.2, 0.25) is 0 Å². The molecule has 0 aromatic rings. The topological polar surface area (TPSA) is 54.4 Å². The second-order valence-corrected chi connectivity index (χ2v) is 11.2. The second kappa shape index (κ2) is 6.59. The molecular formula is C24H38O3. The molecule has 0 amide bonds. The molecule has 0 aromatic carbocycles. The summed E-state index contributed by atoms with van der Waals surface area (Å²) < 4.78 is 0. The van der Waals surface area contributed by atoms with E-state index < -0.39 is 5.97 Å². The fourth-order valence-electron chi connectivity index (χ4n) is 8.41. The molecule has 4 saturated carbocycles. The van der Waals surface area contributed by atoms with Crippen LogP contribution in [0.25, 0.3) is 0 Å². The van der Waals surface area contributed by atoms with Crippen LogP contribution in [0.4, 0.5) is 0 Å². The monoisotopic (exact) mass is 374 g/mol. The minimum Gasteiger partial charge on any atom is -0.481 e. The van der Waals surface area contributed by atoms with E-state index in [1.54, 1.807) is 0 Å². The lowest BCUT2D eigenvalue weighted by molar-refractivity contribution is -0.172. The summed E-state index contributed by atoms with van der Waals surface area (Å²) in [6.45, 7) is 7.38. The van der Waals surface area contributed by atoms with Crippen molar-refractivity contribution in [2.24, 2.45) is 39.9 Å². The van der Waals surface area contributed by atoms with Crippen LogP contribution in [0.15, 0.2) is 0 Å². The zero-order chi connectivity index (χ0) is 19.4. The Morgan fingerprint density at radius 2 is 1.78 bits per heavy atom. The zero-order valence-electron chi connectivity index (χ0n) is 17.6. The van der Waals surface area contributed by atoms with Crippen molar-refractivity contribution in [1.82, 2.24) is 0 Å². The smallest absolute Gasteiger partial charge is 0.303 e. The third kappa shape index (κ3) is 2.82. The van der Waals surface area contributed by atoms with Gasteiger partial charge in [0, 0.05) is 18.8 Å². The molecular weight excluding hydrogens is 336 g/mol. The fraction of sp³-hybridized carbons (Fsp3) is 0.917. The van der Waals surface area contributed by atoms with Crippen molar-refractivity contribution in [2.45, 2.75) is 97.8 Å². The van der Waals surface area contributed by atoms with Gasteiger partial charge in [0.1, 0.15) is 5.78 Å². The number of aliphatic carboxylic acids is 1. The van der Waals surface area contributed by atoms with E-state index in [1.807, 2.05) is 0 Å². The van der Waals surface area contributed by atoms with E-state index >= 15 is 0 Å². The van der Waals surface area contributed by atoms with Crippen LogP contribution in [0, 0.1) is 39.9 Å². The van der Waals surface area contributed by atoms with E-state index in [0.717, 1.165) is 19.3 Å². The van der Waals surface area contributed by atoms with Crippen molar-refractivity contribution in [2.75, 3.05) is 0 Å². The molecule has 0 aliphatic heterocycles. The molecule has 0 heterocycles. The summed E-state index contributed by atoms with van der Waals surface area (Å²) in [5.41, 5.74) is 0.817.